The second-order valence-corrected chi connectivity index (χ2v) is 15.7. The molecule has 0 aliphatic heterocycles. The normalized spacial score (nSPS) is 13.0. The van der Waals surface area contributed by atoms with Gasteiger partial charge in [0, 0.05) is 11.8 Å². The molecule has 62 heavy (non-hydrogen) atoms. The van der Waals surface area contributed by atoms with Gasteiger partial charge in [0.05, 0.1) is 25.7 Å². The number of alkyl halides is 2. The molecule has 0 saturated carbocycles. The smallest absolute Gasteiger partial charge is 0.418 e. The second-order valence-electron chi connectivity index (χ2n) is 15.0. The molecule has 0 radical (unpaired) electrons. The van der Waals surface area contributed by atoms with E-state index in [1.807, 2.05) is 175 Å². The molecule has 6 rings (SSSR count). The van der Waals surface area contributed by atoms with Gasteiger partial charge in [-0.05, 0) is 132 Å². The zero-order chi connectivity index (χ0) is 44.3. The Morgan fingerprint density at radius 2 is 0.742 bits per heavy atom. The Balaban J connectivity index is 1.27. The predicted octanol–water partition coefficient (Wildman–Crippen LogP) is 13.3. The molecule has 0 saturated heterocycles. The fraction of sp³-hybridized carbons (Fsp3) is 0.269. The largest absolute Gasteiger partial charge is 0.421 e. The number of carbonyl (C=O) groups is 2. The number of aryl methyl sites for hydroxylation is 4. The van der Waals surface area contributed by atoms with Crippen LogP contribution in [0.5, 0.6) is 23.0 Å². The first-order chi connectivity index (χ1) is 29.9. The zero-order valence-electron chi connectivity index (χ0n) is 36.0. The van der Waals surface area contributed by atoms with E-state index in [2.05, 4.69) is 0 Å². The van der Waals surface area contributed by atoms with Crippen LogP contribution in [-0.4, -0.2) is 35.6 Å². The van der Waals surface area contributed by atoms with Gasteiger partial charge in [-0.1, -0.05) is 98.8 Å². The number of rotatable bonds is 19. The Kier molecular flexibility index (Phi) is 15.2. The van der Waals surface area contributed by atoms with Crippen molar-refractivity contribution in [1.29, 1.82) is 0 Å². The summed E-state index contributed by atoms with van der Waals surface area (Å²) in [5.41, 5.74) is 9.21. The number of hydrogen-bond donors (Lipinski definition) is 0. The van der Waals surface area contributed by atoms with Crippen molar-refractivity contribution in [2.24, 2.45) is 0 Å². The monoisotopic (exact) mass is 874 g/mol. The number of carbonyl (C=O) groups excluding carboxylic acids is 2. The fourth-order valence-electron chi connectivity index (χ4n) is 7.08. The molecule has 0 fully saturated rings. The summed E-state index contributed by atoms with van der Waals surface area (Å²) in [5, 5.41) is 0. The van der Waals surface area contributed by atoms with Crippen molar-refractivity contribution in [1.82, 2.24) is 0 Å². The molecule has 0 spiro atoms. The number of benzene rings is 6. The second kappa shape index (κ2) is 20.7. The molecule has 0 amide bonds. The summed E-state index contributed by atoms with van der Waals surface area (Å²) in [6, 6.07) is 43.2. The molecular formula is C52H52Cl2O8. The Bertz CT molecular complexity index is 2220. The molecule has 8 nitrogen and oxygen atoms in total. The van der Waals surface area contributed by atoms with Crippen LogP contribution in [0.4, 0.5) is 0 Å². The molecule has 0 aliphatic carbocycles. The third-order valence-electron chi connectivity index (χ3n) is 10.2. The highest BCUT2D eigenvalue weighted by Gasteiger charge is 2.41. The first kappa shape index (κ1) is 45.6. The van der Waals surface area contributed by atoms with Crippen LogP contribution in [0.3, 0.4) is 0 Å². The van der Waals surface area contributed by atoms with E-state index < -0.39 is 23.9 Å². The van der Waals surface area contributed by atoms with Gasteiger partial charge in [-0.25, -0.2) is 0 Å². The predicted molar refractivity (Wildman–Crippen MR) is 246 cm³/mol. The summed E-state index contributed by atoms with van der Waals surface area (Å²) in [7, 11) is 0. The molecule has 2 atom stereocenters. The molecule has 10 heteroatoms. The lowest BCUT2D eigenvalue weighted by molar-refractivity contribution is -0.288. The highest BCUT2D eigenvalue weighted by atomic mass is 35.5. The molecule has 6 aromatic carbocycles. The molecule has 0 N–H and O–H groups in total. The van der Waals surface area contributed by atoms with E-state index in [1.54, 1.807) is 0 Å². The third-order valence-corrected chi connectivity index (χ3v) is 10.6. The van der Waals surface area contributed by atoms with Crippen molar-refractivity contribution in [3.63, 3.8) is 0 Å². The van der Waals surface area contributed by atoms with Crippen LogP contribution < -0.4 is 18.9 Å². The maximum absolute atomic E-state index is 13.0. The van der Waals surface area contributed by atoms with Gasteiger partial charge in [0.2, 0.25) is 0 Å². The first-order valence-corrected chi connectivity index (χ1v) is 21.8. The molecule has 0 aliphatic rings. The molecule has 0 bridgehead atoms. The lowest BCUT2D eigenvalue weighted by Gasteiger charge is -2.34. The SMILES string of the molecule is CCC(OC(=O)CCCl)(Oc1ccc(-c2ccccc2)cc1)Oc1c(C)cc(-c2cc(C)c(OC(CC)(OC(=O)CCCl)Oc3ccc(-c4ccccc4)cc3)c(C)c2)cc1C. The Labute approximate surface area is 374 Å². The van der Waals surface area contributed by atoms with Crippen molar-refractivity contribution >= 4 is 35.1 Å². The van der Waals surface area contributed by atoms with Gasteiger partial charge in [-0.15, -0.1) is 23.2 Å². The quantitative estimate of drug-likeness (QED) is 0.0452. The van der Waals surface area contributed by atoms with Crippen LogP contribution >= 0.6 is 23.2 Å². The zero-order valence-corrected chi connectivity index (χ0v) is 37.5. The standard InChI is InChI=1S/C52H52Cl2O8/c1-7-51(59-47(55)27-29-53,57-45-23-19-41(20-24-45)39-15-11-9-12-16-39)61-49-35(3)31-43(32-36(49)4)44-33-37(5)50(38(6)34-44)62-52(8-2,60-48(56)28-30-54)58-46-25-21-42(22-26-46)40-17-13-10-14-18-40/h9-26,31-34H,7-8,27-30H2,1-6H3. The number of esters is 2. The summed E-state index contributed by atoms with van der Waals surface area (Å²) < 4.78 is 37.9. The third kappa shape index (κ3) is 11.3. The minimum absolute atomic E-state index is 0.0124. The maximum Gasteiger partial charge on any atom is 0.418 e. The summed E-state index contributed by atoms with van der Waals surface area (Å²) >= 11 is 11.9. The van der Waals surface area contributed by atoms with Crippen LogP contribution in [0.25, 0.3) is 33.4 Å². The van der Waals surface area contributed by atoms with Crippen molar-refractivity contribution < 1.29 is 38.0 Å². The Morgan fingerprint density at radius 1 is 0.435 bits per heavy atom. The Hall–Kier alpha value is -5.96. The average molecular weight is 876 g/mol. The van der Waals surface area contributed by atoms with Gasteiger partial charge in [-0.3, -0.25) is 9.59 Å². The van der Waals surface area contributed by atoms with E-state index in [4.69, 9.17) is 51.6 Å². The number of ether oxygens (including phenoxy) is 6. The topological polar surface area (TPSA) is 89.5 Å². The van der Waals surface area contributed by atoms with Crippen LogP contribution in [0.2, 0.25) is 0 Å². The van der Waals surface area contributed by atoms with Crippen LogP contribution in [0.15, 0.2) is 133 Å². The summed E-state index contributed by atoms with van der Waals surface area (Å²) in [6.45, 7) is 11.4. The number of halogens is 2. The van der Waals surface area contributed by atoms with Crippen LogP contribution in [0.1, 0.15) is 61.8 Å². The van der Waals surface area contributed by atoms with E-state index in [9.17, 15) is 9.59 Å². The summed E-state index contributed by atoms with van der Waals surface area (Å²) in [4.78, 5) is 25.9. The van der Waals surface area contributed by atoms with Crippen molar-refractivity contribution in [2.75, 3.05) is 11.8 Å². The minimum atomic E-state index is -1.77. The number of hydrogen-bond acceptors (Lipinski definition) is 8. The summed E-state index contributed by atoms with van der Waals surface area (Å²) in [5.74, 6) is -2.48. The van der Waals surface area contributed by atoms with E-state index >= 15 is 0 Å². The van der Waals surface area contributed by atoms with Crippen molar-refractivity contribution in [3.8, 4) is 56.4 Å². The van der Waals surface area contributed by atoms with Crippen molar-refractivity contribution in [2.45, 2.75) is 79.2 Å². The average Bonchev–Trinajstić information content (AvgIpc) is 3.27. The van der Waals surface area contributed by atoms with Crippen molar-refractivity contribution in [3.05, 3.63) is 156 Å². The summed E-state index contributed by atoms with van der Waals surface area (Å²) in [6.07, 6.45) is 0.346. The van der Waals surface area contributed by atoms with Gasteiger partial charge < -0.3 is 28.4 Å². The van der Waals surface area contributed by atoms with Crippen LogP contribution in [-0.2, 0) is 19.1 Å². The minimum Gasteiger partial charge on any atom is -0.421 e. The van der Waals surface area contributed by atoms with E-state index in [0.29, 0.717) is 23.0 Å². The van der Waals surface area contributed by atoms with Gasteiger partial charge in [0.25, 0.3) is 0 Å². The lowest BCUT2D eigenvalue weighted by atomic mass is 9.96. The molecule has 322 valence electrons. The molecule has 6 aromatic rings. The lowest BCUT2D eigenvalue weighted by Crippen LogP contribution is -2.46. The van der Waals surface area contributed by atoms with Crippen LogP contribution in [0, 0.1) is 27.7 Å². The van der Waals surface area contributed by atoms with E-state index in [1.165, 1.54) is 0 Å². The highest BCUT2D eigenvalue weighted by molar-refractivity contribution is 6.19. The Morgan fingerprint density at radius 3 is 1.03 bits per heavy atom. The molecule has 0 aromatic heterocycles. The molecule has 0 heterocycles. The van der Waals surface area contributed by atoms with Gasteiger partial charge in [0.1, 0.15) is 23.0 Å². The van der Waals surface area contributed by atoms with E-state index in [-0.39, 0.29) is 37.4 Å². The molecule has 2 unspecified atom stereocenters. The maximum atomic E-state index is 13.0. The van der Waals surface area contributed by atoms with E-state index in [0.717, 1.165) is 55.6 Å². The van der Waals surface area contributed by atoms with Gasteiger partial charge in [0.15, 0.2) is 0 Å². The fourth-order valence-corrected chi connectivity index (χ4v) is 7.39. The first-order valence-electron chi connectivity index (χ1n) is 20.7. The van der Waals surface area contributed by atoms with Gasteiger partial charge >= 0.3 is 23.9 Å². The van der Waals surface area contributed by atoms with Gasteiger partial charge in [-0.2, -0.15) is 0 Å². The highest BCUT2D eigenvalue weighted by Crippen LogP contribution is 2.39. The molecular weight excluding hydrogens is 823 g/mol.